The lowest BCUT2D eigenvalue weighted by Gasteiger charge is -2.27. The Morgan fingerprint density at radius 2 is 1.81 bits per heavy atom. The van der Waals surface area contributed by atoms with E-state index in [1.165, 1.54) is 16.7 Å². The summed E-state index contributed by atoms with van der Waals surface area (Å²) in [7, 11) is 2.08. The Kier molecular flexibility index (Phi) is 5.61. The van der Waals surface area contributed by atoms with Gasteiger partial charge in [-0.2, -0.15) is 0 Å². The first kappa shape index (κ1) is 21.5. The minimum Gasteiger partial charge on any atom is -0.457 e. The first-order chi connectivity index (χ1) is 14.6. The van der Waals surface area contributed by atoms with Crippen LogP contribution in [0.4, 0.5) is 0 Å². The van der Waals surface area contributed by atoms with Gasteiger partial charge in [0.25, 0.3) is 0 Å². The molecule has 0 spiro atoms. The lowest BCUT2D eigenvalue weighted by Crippen LogP contribution is -2.29. The summed E-state index contributed by atoms with van der Waals surface area (Å²) in [5.41, 5.74) is 8.37. The number of likely N-dealkylation sites (N-methyl/N-ethyl adjacent to an activating group) is 1. The predicted molar refractivity (Wildman–Crippen MR) is 126 cm³/mol. The molecule has 0 radical (unpaired) electrons. The molecule has 1 aromatic heterocycles. The number of pyridine rings is 1. The zero-order chi connectivity index (χ0) is 22.3. The van der Waals surface area contributed by atoms with E-state index in [0.717, 1.165) is 47.2 Å². The maximum absolute atomic E-state index is 13.4. The predicted octanol–water partition coefficient (Wildman–Crippen LogP) is 5.49. The van der Waals surface area contributed by atoms with Crippen LogP contribution >= 0.6 is 0 Å². The SMILES string of the molecule is Cc1cc(C(C)(C)C)cc(C)c1COC(=O)c1c2c(nc3ccccc13)CCN(C)C2. The van der Waals surface area contributed by atoms with Crippen LogP contribution in [0.25, 0.3) is 10.9 Å². The van der Waals surface area contributed by atoms with Gasteiger partial charge in [0, 0.05) is 36.2 Å². The third-order valence-corrected chi connectivity index (χ3v) is 6.35. The largest absolute Gasteiger partial charge is 0.457 e. The quantitative estimate of drug-likeness (QED) is 0.529. The van der Waals surface area contributed by atoms with E-state index in [4.69, 9.17) is 9.72 Å². The highest BCUT2D eigenvalue weighted by Gasteiger charge is 2.26. The maximum Gasteiger partial charge on any atom is 0.339 e. The average molecular weight is 417 g/mol. The summed E-state index contributed by atoms with van der Waals surface area (Å²) in [5, 5.41) is 0.873. The average Bonchev–Trinajstić information content (AvgIpc) is 2.70. The summed E-state index contributed by atoms with van der Waals surface area (Å²) in [5.74, 6) is -0.260. The summed E-state index contributed by atoms with van der Waals surface area (Å²) in [6, 6.07) is 12.3. The van der Waals surface area contributed by atoms with Gasteiger partial charge in [-0.25, -0.2) is 4.79 Å². The Morgan fingerprint density at radius 1 is 1.13 bits per heavy atom. The fourth-order valence-corrected chi connectivity index (χ4v) is 4.42. The number of para-hydroxylation sites is 1. The van der Waals surface area contributed by atoms with Gasteiger partial charge < -0.3 is 9.64 Å². The van der Waals surface area contributed by atoms with E-state index in [1.807, 2.05) is 24.3 Å². The molecule has 0 amide bonds. The first-order valence-electron chi connectivity index (χ1n) is 11.0. The molecule has 2 heterocycles. The van der Waals surface area contributed by atoms with Crippen LogP contribution in [0, 0.1) is 13.8 Å². The van der Waals surface area contributed by atoms with E-state index in [0.29, 0.717) is 5.56 Å². The van der Waals surface area contributed by atoms with Crippen molar-refractivity contribution in [3.63, 3.8) is 0 Å². The van der Waals surface area contributed by atoms with E-state index in [9.17, 15) is 4.79 Å². The molecule has 0 fully saturated rings. The molecule has 0 saturated heterocycles. The molecule has 0 unspecified atom stereocenters. The second-order valence-electron chi connectivity index (χ2n) is 9.83. The molecular formula is C27H32N2O2. The topological polar surface area (TPSA) is 42.4 Å². The van der Waals surface area contributed by atoms with Gasteiger partial charge in [0.1, 0.15) is 6.61 Å². The number of aromatic nitrogens is 1. The third kappa shape index (κ3) is 4.22. The molecule has 0 atom stereocenters. The van der Waals surface area contributed by atoms with Gasteiger partial charge in [-0.1, -0.05) is 51.1 Å². The van der Waals surface area contributed by atoms with Gasteiger partial charge in [0.05, 0.1) is 11.1 Å². The highest BCUT2D eigenvalue weighted by atomic mass is 16.5. The zero-order valence-electron chi connectivity index (χ0n) is 19.5. The van der Waals surface area contributed by atoms with Crippen molar-refractivity contribution in [1.29, 1.82) is 0 Å². The van der Waals surface area contributed by atoms with E-state index in [2.05, 4.69) is 58.7 Å². The Morgan fingerprint density at radius 3 is 2.48 bits per heavy atom. The van der Waals surface area contributed by atoms with E-state index in [-0.39, 0.29) is 18.0 Å². The summed E-state index contributed by atoms with van der Waals surface area (Å²) in [6.07, 6.45) is 0.851. The van der Waals surface area contributed by atoms with Crippen LogP contribution in [0.1, 0.15) is 64.6 Å². The highest BCUT2D eigenvalue weighted by molar-refractivity contribution is 6.05. The molecule has 0 bridgehead atoms. The summed E-state index contributed by atoms with van der Waals surface area (Å²) < 4.78 is 5.93. The molecule has 31 heavy (non-hydrogen) atoms. The number of hydrogen-bond acceptors (Lipinski definition) is 4. The van der Waals surface area contributed by atoms with Gasteiger partial charge >= 0.3 is 5.97 Å². The molecule has 0 saturated carbocycles. The molecular weight excluding hydrogens is 384 g/mol. The number of fused-ring (bicyclic) bond motifs is 2. The van der Waals surface area contributed by atoms with Crippen LogP contribution in [0.5, 0.6) is 0 Å². The molecule has 162 valence electrons. The fraction of sp³-hybridized carbons (Fsp3) is 0.407. The zero-order valence-corrected chi connectivity index (χ0v) is 19.5. The highest BCUT2D eigenvalue weighted by Crippen LogP contribution is 2.30. The van der Waals surface area contributed by atoms with E-state index >= 15 is 0 Å². The summed E-state index contributed by atoms with van der Waals surface area (Å²) in [4.78, 5) is 20.5. The van der Waals surface area contributed by atoms with E-state index in [1.54, 1.807) is 0 Å². The van der Waals surface area contributed by atoms with Crippen LogP contribution in [0.15, 0.2) is 36.4 Å². The van der Waals surface area contributed by atoms with Crippen LogP contribution in [0.2, 0.25) is 0 Å². The molecule has 1 aliphatic rings. The number of ether oxygens (including phenoxy) is 1. The van der Waals surface area contributed by atoms with Crippen molar-refractivity contribution in [2.45, 2.75) is 59.6 Å². The first-order valence-corrected chi connectivity index (χ1v) is 11.0. The minimum absolute atomic E-state index is 0.0891. The third-order valence-electron chi connectivity index (χ3n) is 6.35. The number of aryl methyl sites for hydroxylation is 2. The number of rotatable bonds is 3. The normalized spacial score (nSPS) is 14.5. The number of hydrogen-bond donors (Lipinski definition) is 0. The van der Waals surface area contributed by atoms with Gasteiger partial charge in [0.15, 0.2) is 0 Å². The Bertz CT molecular complexity index is 1130. The smallest absolute Gasteiger partial charge is 0.339 e. The Labute approximate surface area is 185 Å². The lowest BCUT2D eigenvalue weighted by molar-refractivity contribution is 0.0471. The van der Waals surface area contributed by atoms with Crippen LogP contribution in [0.3, 0.4) is 0 Å². The molecule has 3 aromatic rings. The Balaban J connectivity index is 1.68. The van der Waals surface area contributed by atoms with Gasteiger partial charge in [-0.15, -0.1) is 0 Å². The van der Waals surface area contributed by atoms with Crippen molar-refractivity contribution >= 4 is 16.9 Å². The molecule has 1 aliphatic heterocycles. The Hall–Kier alpha value is -2.72. The van der Waals surface area contributed by atoms with Crippen molar-refractivity contribution < 1.29 is 9.53 Å². The van der Waals surface area contributed by atoms with Crippen molar-refractivity contribution in [2.24, 2.45) is 0 Å². The second kappa shape index (κ2) is 8.08. The molecule has 0 aliphatic carbocycles. The van der Waals surface area contributed by atoms with Crippen molar-refractivity contribution in [3.8, 4) is 0 Å². The van der Waals surface area contributed by atoms with Crippen molar-refractivity contribution in [2.75, 3.05) is 13.6 Å². The molecule has 4 nitrogen and oxygen atoms in total. The molecule has 0 N–H and O–H groups in total. The molecule has 2 aromatic carbocycles. The number of carbonyl (C=O) groups is 1. The number of esters is 1. The molecule has 4 heteroatoms. The second-order valence-corrected chi connectivity index (χ2v) is 9.83. The van der Waals surface area contributed by atoms with E-state index < -0.39 is 0 Å². The van der Waals surface area contributed by atoms with Crippen LogP contribution in [-0.2, 0) is 29.7 Å². The molecule has 4 rings (SSSR count). The number of benzene rings is 2. The van der Waals surface area contributed by atoms with Gasteiger partial charge in [0.2, 0.25) is 0 Å². The monoisotopic (exact) mass is 416 g/mol. The van der Waals surface area contributed by atoms with Gasteiger partial charge in [-0.3, -0.25) is 4.98 Å². The minimum atomic E-state index is -0.260. The van der Waals surface area contributed by atoms with Crippen LogP contribution in [-0.4, -0.2) is 29.4 Å². The van der Waals surface area contributed by atoms with Crippen LogP contribution < -0.4 is 0 Å². The lowest BCUT2D eigenvalue weighted by atomic mass is 9.84. The number of nitrogens with zero attached hydrogens (tertiary/aromatic N) is 2. The van der Waals surface area contributed by atoms with Crippen molar-refractivity contribution in [3.05, 3.63) is 75.5 Å². The maximum atomic E-state index is 13.4. The standard InChI is InChI=1S/C27H32N2O2/c1-17-13-19(27(3,4)5)14-18(2)22(17)16-31-26(30)25-20-9-7-8-10-23(20)28-24-11-12-29(6)15-21(24)25/h7-10,13-14H,11-12,15-16H2,1-6H3. The van der Waals surface area contributed by atoms with Gasteiger partial charge in [-0.05, 0) is 54.6 Å². The van der Waals surface area contributed by atoms with Crippen molar-refractivity contribution in [1.82, 2.24) is 9.88 Å². The summed E-state index contributed by atoms with van der Waals surface area (Å²) >= 11 is 0. The fourth-order valence-electron chi connectivity index (χ4n) is 4.42. The summed E-state index contributed by atoms with van der Waals surface area (Å²) in [6.45, 7) is 12.8. The number of carbonyl (C=O) groups excluding carboxylic acids is 1.